The molecule has 1 aromatic rings. The highest BCUT2D eigenvalue weighted by Gasteiger charge is 2.37. The van der Waals surface area contributed by atoms with E-state index < -0.39 is 0 Å². The molecule has 29 heavy (non-hydrogen) atoms. The molecule has 2 atom stereocenters. The van der Waals surface area contributed by atoms with E-state index in [0.717, 1.165) is 38.3 Å². The molecule has 2 amide bonds. The third-order valence-corrected chi connectivity index (χ3v) is 5.83. The van der Waals surface area contributed by atoms with Crippen molar-refractivity contribution in [2.24, 2.45) is 5.92 Å². The van der Waals surface area contributed by atoms with Crippen LogP contribution in [0.25, 0.3) is 0 Å². The average molecular weight is 405 g/mol. The molecule has 162 valence electrons. The predicted octanol–water partition coefficient (Wildman–Crippen LogP) is 0.700. The van der Waals surface area contributed by atoms with E-state index >= 15 is 0 Å². The molecule has 0 aromatic carbocycles. The van der Waals surface area contributed by atoms with Crippen molar-refractivity contribution in [1.82, 2.24) is 30.0 Å². The van der Waals surface area contributed by atoms with Crippen LogP contribution in [0.2, 0.25) is 0 Å². The minimum Gasteiger partial charge on any atom is -0.356 e. The first-order chi connectivity index (χ1) is 14.0. The highest BCUT2D eigenvalue weighted by molar-refractivity contribution is 5.78. The topological polar surface area (TPSA) is 82.5 Å². The maximum absolute atomic E-state index is 12.5. The second-order valence-electron chi connectivity index (χ2n) is 8.78. The summed E-state index contributed by atoms with van der Waals surface area (Å²) in [5, 5.41) is 6.15. The van der Waals surface area contributed by atoms with E-state index in [9.17, 15) is 9.59 Å². The van der Waals surface area contributed by atoms with Gasteiger partial charge in [-0.1, -0.05) is 0 Å². The number of rotatable bonds is 12. The van der Waals surface area contributed by atoms with Gasteiger partial charge in [-0.15, -0.1) is 0 Å². The maximum Gasteiger partial charge on any atom is 0.234 e. The van der Waals surface area contributed by atoms with Crippen LogP contribution in [0.4, 0.5) is 0 Å². The zero-order valence-electron chi connectivity index (χ0n) is 17.8. The molecule has 2 fully saturated rings. The molecule has 2 N–H and O–H groups in total. The van der Waals surface area contributed by atoms with E-state index in [1.165, 1.54) is 12.8 Å². The number of amides is 2. The Balaban J connectivity index is 1.41. The van der Waals surface area contributed by atoms with Gasteiger partial charge in [-0.2, -0.15) is 0 Å². The SMILES string of the molecule is CN(C)CC(=O)NC[C@@H]1CC[C@H](CC(=O)NCCCn2ccnc2)N1CC1CC1. The van der Waals surface area contributed by atoms with Crippen LogP contribution in [0.1, 0.15) is 38.5 Å². The lowest BCUT2D eigenvalue weighted by atomic mass is 10.1. The number of likely N-dealkylation sites (N-methyl/N-ethyl adjacent to an activating group) is 1. The highest BCUT2D eigenvalue weighted by Crippen LogP contribution is 2.35. The fourth-order valence-electron chi connectivity index (χ4n) is 4.12. The summed E-state index contributed by atoms with van der Waals surface area (Å²) in [5.41, 5.74) is 0. The summed E-state index contributed by atoms with van der Waals surface area (Å²) < 4.78 is 2.02. The van der Waals surface area contributed by atoms with Gasteiger partial charge in [0.05, 0.1) is 12.9 Å². The molecule has 2 aliphatic rings. The van der Waals surface area contributed by atoms with Crippen molar-refractivity contribution in [3.8, 4) is 0 Å². The highest BCUT2D eigenvalue weighted by atomic mass is 16.2. The Bertz CT molecular complexity index is 644. The van der Waals surface area contributed by atoms with Crippen molar-refractivity contribution in [3.05, 3.63) is 18.7 Å². The first-order valence-corrected chi connectivity index (χ1v) is 10.9. The van der Waals surface area contributed by atoms with Crippen LogP contribution < -0.4 is 10.6 Å². The summed E-state index contributed by atoms with van der Waals surface area (Å²) in [6.45, 7) is 3.72. The van der Waals surface area contributed by atoms with Crippen LogP contribution in [0.15, 0.2) is 18.7 Å². The van der Waals surface area contributed by atoms with Crippen LogP contribution >= 0.6 is 0 Å². The summed E-state index contributed by atoms with van der Waals surface area (Å²) >= 11 is 0. The monoisotopic (exact) mass is 404 g/mol. The number of aromatic nitrogens is 2. The number of likely N-dealkylation sites (tertiary alicyclic amines) is 1. The van der Waals surface area contributed by atoms with Gasteiger partial charge < -0.3 is 20.1 Å². The van der Waals surface area contributed by atoms with Gasteiger partial charge >= 0.3 is 0 Å². The van der Waals surface area contributed by atoms with Crippen LogP contribution in [-0.4, -0.2) is 83.5 Å². The van der Waals surface area contributed by atoms with Crippen LogP contribution in [0, 0.1) is 5.92 Å². The number of hydrogen-bond acceptors (Lipinski definition) is 5. The van der Waals surface area contributed by atoms with Crippen molar-refractivity contribution in [3.63, 3.8) is 0 Å². The second-order valence-corrected chi connectivity index (χ2v) is 8.78. The number of aryl methyl sites for hydroxylation is 1. The van der Waals surface area contributed by atoms with Crippen LogP contribution in [0.5, 0.6) is 0 Å². The zero-order valence-corrected chi connectivity index (χ0v) is 17.8. The fourth-order valence-corrected chi connectivity index (χ4v) is 4.12. The third-order valence-electron chi connectivity index (χ3n) is 5.83. The predicted molar refractivity (Wildman–Crippen MR) is 112 cm³/mol. The van der Waals surface area contributed by atoms with Gasteiger partial charge in [-0.05, 0) is 52.1 Å². The van der Waals surface area contributed by atoms with Crippen molar-refractivity contribution in [2.45, 2.75) is 57.2 Å². The molecule has 8 nitrogen and oxygen atoms in total. The van der Waals surface area contributed by atoms with Gasteiger partial charge in [-0.25, -0.2) is 4.98 Å². The van der Waals surface area contributed by atoms with Gasteiger partial charge in [-0.3, -0.25) is 14.5 Å². The standard InChI is InChI=1S/C21H36N6O2/c1-25(2)15-21(29)24-13-19-7-6-18(27(19)14-17-4-5-17)12-20(28)23-8-3-10-26-11-9-22-16-26/h9,11,16-19H,3-8,10,12-15H2,1-2H3,(H,23,28)(H,24,29)/t18-,19+/m1/s1. The fraction of sp³-hybridized carbons (Fsp3) is 0.762. The lowest BCUT2D eigenvalue weighted by Crippen LogP contribution is -2.46. The molecular formula is C21H36N6O2. The Kier molecular flexibility index (Phi) is 8.06. The number of nitrogens with one attached hydrogen (secondary N) is 2. The molecule has 1 saturated carbocycles. The summed E-state index contributed by atoms with van der Waals surface area (Å²) in [4.78, 5) is 32.9. The quantitative estimate of drug-likeness (QED) is 0.501. The minimum absolute atomic E-state index is 0.0699. The minimum atomic E-state index is 0.0699. The molecule has 0 radical (unpaired) electrons. The molecule has 1 aliphatic heterocycles. The second kappa shape index (κ2) is 10.7. The van der Waals surface area contributed by atoms with E-state index in [0.29, 0.717) is 38.1 Å². The number of hydrogen-bond donors (Lipinski definition) is 2. The van der Waals surface area contributed by atoms with Crippen molar-refractivity contribution in [2.75, 3.05) is 40.3 Å². The van der Waals surface area contributed by atoms with E-state index in [1.54, 1.807) is 12.5 Å². The molecule has 3 rings (SSSR count). The van der Waals surface area contributed by atoms with Crippen molar-refractivity contribution < 1.29 is 9.59 Å². The third kappa shape index (κ3) is 7.44. The normalized spacial score (nSPS) is 22.2. The number of carbonyl (C=O) groups excluding carboxylic acids is 2. The Labute approximate surface area is 174 Å². The molecule has 1 aromatic heterocycles. The first-order valence-electron chi connectivity index (χ1n) is 10.9. The zero-order chi connectivity index (χ0) is 20.6. The summed E-state index contributed by atoms with van der Waals surface area (Å²) in [6.07, 6.45) is 11.6. The number of nitrogens with zero attached hydrogens (tertiary/aromatic N) is 4. The molecule has 2 heterocycles. The molecule has 0 bridgehead atoms. The Morgan fingerprint density at radius 1 is 1.10 bits per heavy atom. The van der Waals surface area contributed by atoms with Gasteiger partial charge in [0.15, 0.2) is 0 Å². The van der Waals surface area contributed by atoms with Gasteiger partial charge in [0.2, 0.25) is 11.8 Å². The Hall–Kier alpha value is -1.93. The summed E-state index contributed by atoms with van der Waals surface area (Å²) in [7, 11) is 3.80. The van der Waals surface area contributed by atoms with E-state index in [1.807, 2.05) is 29.8 Å². The number of imidazole rings is 1. The van der Waals surface area contributed by atoms with Crippen LogP contribution in [0.3, 0.4) is 0 Å². The molecule has 1 saturated heterocycles. The molecule has 0 spiro atoms. The molecule has 0 unspecified atom stereocenters. The largest absolute Gasteiger partial charge is 0.356 e. The van der Waals surface area contributed by atoms with Gasteiger partial charge in [0.25, 0.3) is 0 Å². The lowest BCUT2D eigenvalue weighted by molar-refractivity contribution is -0.123. The maximum atomic E-state index is 12.5. The Morgan fingerprint density at radius 3 is 2.59 bits per heavy atom. The van der Waals surface area contributed by atoms with Crippen LogP contribution in [-0.2, 0) is 16.1 Å². The van der Waals surface area contributed by atoms with Crippen molar-refractivity contribution >= 4 is 11.8 Å². The smallest absolute Gasteiger partial charge is 0.234 e. The van der Waals surface area contributed by atoms with Crippen molar-refractivity contribution in [1.29, 1.82) is 0 Å². The molecule has 1 aliphatic carbocycles. The Morgan fingerprint density at radius 2 is 1.90 bits per heavy atom. The first kappa shape index (κ1) is 21.8. The van der Waals surface area contributed by atoms with E-state index in [4.69, 9.17) is 0 Å². The number of carbonyl (C=O) groups is 2. The lowest BCUT2D eigenvalue weighted by Gasteiger charge is -2.30. The summed E-state index contributed by atoms with van der Waals surface area (Å²) in [6, 6.07) is 0.640. The summed E-state index contributed by atoms with van der Waals surface area (Å²) in [5.74, 6) is 0.980. The van der Waals surface area contributed by atoms with E-state index in [2.05, 4.69) is 20.5 Å². The molecule has 8 heteroatoms. The molecular weight excluding hydrogens is 368 g/mol. The van der Waals surface area contributed by atoms with Gasteiger partial charge in [0.1, 0.15) is 0 Å². The van der Waals surface area contributed by atoms with E-state index in [-0.39, 0.29) is 11.8 Å². The average Bonchev–Trinajstić information content (AvgIpc) is 3.19. The van der Waals surface area contributed by atoms with Gasteiger partial charge in [0, 0.05) is 57.1 Å².